The average Bonchev–Trinajstić information content (AvgIpc) is 2.75. The highest BCUT2D eigenvalue weighted by Gasteiger charge is 1.95. The number of benzene rings is 1. The summed E-state index contributed by atoms with van der Waals surface area (Å²) in [5.74, 6) is 0.339. The molecule has 2 aliphatic rings. The van der Waals surface area contributed by atoms with Crippen molar-refractivity contribution in [3.05, 3.63) is 24.3 Å². The number of hydrogen-bond donors (Lipinski definition) is 2. The number of unbranched alkanes of at least 4 members (excludes halogenated alkanes) is 3. The molecular formula is C22H39BrO4. The van der Waals surface area contributed by atoms with Crippen molar-refractivity contribution in [2.75, 3.05) is 31.8 Å². The maximum Gasteiger partial charge on any atom is 0.115 e. The molecule has 0 aliphatic carbocycles. The fourth-order valence-corrected chi connectivity index (χ4v) is 2.74. The van der Waals surface area contributed by atoms with Gasteiger partial charge < -0.3 is 19.7 Å². The molecule has 1 aromatic rings. The third-order valence-corrected chi connectivity index (χ3v) is 4.55. The third-order valence-electron chi connectivity index (χ3n) is 3.99. The predicted octanol–water partition coefficient (Wildman–Crippen LogP) is 6.43. The molecule has 0 aromatic heterocycles. The first-order chi connectivity index (χ1) is 13.2. The molecule has 0 radical (unpaired) electrons. The number of hydrogen-bond acceptors (Lipinski definition) is 4. The molecule has 158 valence electrons. The summed E-state index contributed by atoms with van der Waals surface area (Å²) < 4.78 is 10.1. The van der Waals surface area contributed by atoms with Crippen LogP contribution in [0.3, 0.4) is 0 Å². The zero-order valence-corrected chi connectivity index (χ0v) is 18.6. The first-order valence-electron chi connectivity index (χ1n) is 10.4. The van der Waals surface area contributed by atoms with Crippen molar-refractivity contribution < 1.29 is 19.7 Å². The van der Waals surface area contributed by atoms with E-state index in [-0.39, 0.29) is 11.5 Å². The molecule has 27 heavy (non-hydrogen) atoms. The van der Waals surface area contributed by atoms with E-state index in [1.165, 1.54) is 93.8 Å². The number of rotatable bonds is 4. The molecule has 0 bridgehead atoms. The average molecular weight is 447 g/mol. The Morgan fingerprint density at radius 2 is 1.11 bits per heavy atom. The summed E-state index contributed by atoms with van der Waals surface area (Å²) in [6.45, 7) is 6.23. The first-order valence-corrected chi connectivity index (χ1v) is 11.5. The summed E-state index contributed by atoms with van der Waals surface area (Å²) in [6.07, 6.45) is 13.3. The van der Waals surface area contributed by atoms with E-state index in [1.54, 1.807) is 0 Å². The van der Waals surface area contributed by atoms with Gasteiger partial charge in [0.05, 0.1) is 0 Å². The minimum Gasteiger partial charge on any atom is -0.508 e. The predicted molar refractivity (Wildman–Crippen MR) is 117 cm³/mol. The van der Waals surface area contributed by atoms with Gasteiger partial charge >= 0.3 is 0 Å². The lowest BCUT2D eigenvalue weighted by Crippen LogP contribution is -2.03. The Labute approximate surface area is 174 Å². The minimum absolute atomic E-state index is 0.169. The second-order valence-corrected chi connectivity index (χ2v) is 7.41. The Bertz CT molecular complexity index is 330. The molecule has 0 amide bonds. The summed E-state index contributed by atoms with van der Waals surface area (Å²) in [5.41, 5.74) is 0. The van der Waals surface area contributed by atoms with Crippen LogP contribution in [0.1, 0.15) is 71.1 Å². The maximum atomic E-state index is 8.65. The third kappa shape index (κ3) is 21.4. The summed E-state index contributed by atoms with van der Waals surface area (Å²) in [7, 11) is 0. The van der Waals surface area contributed by atoms with Gasteiger partial charge in [0.1, 0.15) is 11.5 Å². The van der Waals surface area contributed by atoms with E-state index in [9.17, 15) is 0 Å². The highest BCUT2D eigenvalue weighted by Crippen LogP contribution is 2.13. The maximum absolute atomic E-state index is 8.65. The van der Waals surface area contributed by atoms with Crippen LogP contribution in [0.2, 0.25) is 0 Å². The molecule has 2 N–H and O–H groups in total. The van der Waals surface area contributed by atoms with Gasteiger partial charge in [0.2, 0.25) is 0 Å². The zero-order chi connectivity index (χ0) is 20.0. The topological polar surface area (TPSA) is 58.9 Å². The number of phenols is 2. The Balaban J connectivity index is 0.000000336. The second kappa shape index (κ2) is 21.5. The van der Waals surface area contributed by atoms with Crippen molar-refractivity contribution in [1.29, 1.82) is 0 Å². The lowest BCUT2D eigenvalue weighted by Gasteiger charge is -2.08. The van der Waals surface area contributed by atoms with Gasteiger partial charge in [-0.3, -0.25) is 0 Å². The Morgan fingerprint density at radius 1 is 0.704 bits per heavy atom. The van der Waals surface area contributed by atoms with Crippen molar-refractivity contribution >= 4 is 15.9 Å². The van der Waals surface area contributed by atoms with E-state index < -0.39 is 0 Å². The van der Waals surface area contributed by atoms with Crippen LogP contribution in [-0.2, 0) is 9.47 Å². The molecule has 2 aliphatic heterocycles. The molecule has 3 rings (SSSR count). The summed E-state index contributed by atoms with van der Waals surface area (Å²) in [4.78, 5) is 0. The number of halogens is 1. The second-order valence-electron chi connectivity index (χ2n) is 6.61. The smallest absolute Gasteiger partial charge is 0.115 e. The number of alkyl halides is 1. The van der Waals surface area contributed by atoms with Gasteiger partial charge in [-0.2, -0.15) is 0 Å². The largest absolute Gasteiger partial charge is 0.508 e. The van der Waals surface area contributed by atoms with Crippen LogP contribution in [0.25, 0.3) is 0 Å². The molecule has 0 atom stereocenters. The molecule has 2 saturated heterocycles. The van der Waals surface area contributed by atoms with E-state index >= 15 is 0 Å². The fraction of sp³-hybridized carbons (Fsp3) is 0.727. The summed E-state index contributed by atoms with van der Waals surface area (Å²) in [5, 5.41) is 18.5. The fourth-order valence-electron chi connectivity index (χ4n) is 2.35. The summed E-state index contributed by atoms with van der Waals surface area (Å²) in [6, 6.07) is 5.70. The van der Waals surface area contributed by atoms with Gasteiger partial charge in [0.25, 0.3) is 0 Å². The number of aromatic hydroxyl groups is 2. The zero-order valence-electron chi connectivity index (χ0n) is 17.0. The van der Waals surface area contributed by atoms with Crippen LogP contribution in [0.15, 0.2) is 24.3 Å². The van der Waals surface area contributed by atoms with Crippen molar-refractivity contribution in [3.8, 4) is 11.5 Å². The number of ether oxygens (including phenoxy) is 2. The van der Waals surface area contributed by atoms with Crippen LogP contribution < -0.4 is 0 Å². The van der Waals surface area contributed by atoms with Gasteiger partial charge in [-0.05, 0) is 69.2 Å². The van der Waals surface area contributed by atoms with Gasteiger partial charge in [-0.25, -0.2) is 0 Å². The lowest BCUT2D eigenvalue weighted by atomic mass is 10.2. The van der Waals surface area contributed by atoms with Crippen LogP contribution in [0, 0.1) is 0 Å². The highest BCUT2D eigenvalue weighted by molar-refractivity contribution is 9.09. The lowest BCUT2D eigenvalue weighted by molar-refractivity contribution is 0.0967. The molecule has 0 spiro atoms. The van der Waals surface area contributed by atoms with E-state index in [0.29, 0.717) is 0 Å². The highest BCUT2D eigenvalue weighted by atomic mass is 79.9. The molecular weight excluding hydrogens is 408 g/mol. The van der Waals surface area contributed by atoms with Gasteiger partial charge in [-0.15, -0.1) is 0 Å². The summed E-state index contributed by atoms with van der Waals surface area (Å²) >= 11 is 3.38. The van der Waals surface area contributed by atoms with Gasteiger partial charge in [-0.1, -0.05) is 42.1 Å². The molecule has 1 aromatic carbocycles. The molecule has 2 fully saturated rings. The van der Waals surface area contributed by atoms with E-state index in [1.807, 2.05) is 0 Å². The number of phenolic OH excluding ortho intramolecular Hbond substituents is 2. The normalized spacial score (nSPS) is 15.8. The van der Waals surface area contributed by atoms with Crippen molar-refractivity contribution in [3.63, 3.8) is 0 Å². The monoisotopic (exact) mass is 446 g/mol. The van der Waals surface area contributed by atoms with Gasteiger partial charge in [0.15, 0.2) is 0 Å². The minimum atomic E-state index is 0.169. The van der Waals surface area contributed by atoms with Crippen LogP contribution in [0.4, 0.5) is 0 Å². The Kier molecular flexibility index (Phi) is 20.9. The van der Waals surface area contributed by atoms with Crippen molar-refractivity contribution in [1.82, 2.24) is 0 Å². The Hall–Kier alpha value is -0.780. The van der Waals surface area contributed by atoms with E-state index in [2.05, 4.69) is 22.9 Å². The van der Waals surface area contributed by atoms with Crippen LogP contribution >= 0.6 is 15.9 Å². The molecule has 0 unspecified atom stereocenters. The first kappa shape index (κ1) is 26.2. The van der Waals surface area contributed by atoms with E-state index in [4.69, 9.17) is 19.7 Å². The molecule has 5 heteroatoms. The molecule has 0 saturated carbocycles. The molecule has 4 nitrogen and oxygen atoms in total. The van der Waals surface area contributed by atoms with Crippen molar-refractivity contribution in [2.45, 2.75) is 71.1 Å². The van der Waals surface area contributed by atoms with E-state index in [0.717, 1.165) is 26.4 Å². The molecule has 2 heterocycles. The van der Waals surface area contributed by atoms with Crippen molar-refractivity contribution in [2.24, 2.45) is 0 Å². The standard InChI is InChI=1S/C6H13Br.C6H6O2.2C5H10O/c1-2-3-4-5-6-7;7-5-1-2-6(8)4-3-5;2*1-2-4-6-5-3-1/h2-6H2,1H3;1-4,7-8H;2*1-5H2. The van der Waals surface area contributed by atoms with Crippen LogP contribution in [-0.4, -0.2) is 42.0 Å². The van der Waals surface area contributed by atoms with Gasteiger partial charge in [0, 0.05) is 31.8 Å². The Morgan fingerprint density at radius 3 is 1.33 bits per heavy atom. The SMILES string of the molecule is C1CCOCC1.C1CCOCC1.CCCCCCBr.Oc1ccc(O)cc1. The van der Waals surface area contributed by atoms with Crippen LogP contribution in [0.5, 0.6) is 11.5 Å². The quantitative estimate of drug-likeness (QED) is 0.317.